The highest BCUT2D eigenvalue weighted by Gasteiger charge is 2.17. The summed E-state index contributed by atoms with van der Waals surface area (Å²) in [5.41, 5.74) is 0.990. The van der Waals surface area contributed by atoms with Gasteiger partial charge in [0.25, 0.3) is 0 Å². The third-order valence-electron chi connectivity index (χ3n) is 2.60. The summed E-state index contributed by atoms with van der Waals surface area (Å²) in [6.07, 6.45) is 2.51. The van der Waals surface area contributed by atoms with E-state index in [1.54, 1.807) is 18.0 Å². The van der Waals surface area contributed by atoms with Gasteiger partial charge in [0.05, 0.1) is 36.2 Å². The van der Waals surface area contributed by atoms with Gasteiger partial charge in [-0.25, -0.2) is 0 Å². The Bertz CT molecular complexity index is 311. The van der Waals surface area contributed by atoms with E-state index in [2.05, 4.69) is 10.4 Å². The van der Waals surface area contributed by atoms with Crippen molar-refractivity contribution in [2.45, 2.75) is 12.5 Å². The largest absolute Gasteiger partial charge is 0.382 e. The fourth-order valence-corrected chi connectivity index (χ4v) is 1.97. The van der Waals surface area contributed by atoms with E-state index < -0.39 is 0 Å². The second-order valence-corrected chi connectivity index (χ2v) is 4.14. The maximum atomic E-state index is 6.10. The molecule has 0 fully saturated rings. The van der Waals surface area contributed by atoms with Gasteiger partial charge in [-0.1, -0.05) is 11.6 Å². The Morgan fingerprint density at radius 1 is 1.47 bits per heavy atom. The Labute approximate surface area is 107 Å². The standard InChI is InChI=1S/C11H20ClN3O2/c1-13-10(4-5-17-7-6-16-3)11-9(12)8-14-15(11)2/h8,10,13H,4-7H2,1-3H3. The van der Waals surface area contributed by atoms with Crippen LogP contribution in [0.15, 0.2) is 6.20 Å². The van der Waals surface area contributed by atoms with E-state index in [0.717, 1.165) is 12.1 Å². The molecule has 1 aromatic rings. The number of hydrogen-bond acceptors (Lipinski definition) is 4. The molecular formula is C11H20ClN3O2. The summed E-state index contributed by atoms with van der Waals surface area (Å²) in [7, 11) is 5.45. The van der Waals surface area contributed by atoms with Crippen LogP contribution in [0.25, 0.3) is 0 Å². The number of nitrogens with one attached hydrogen (secondary N) is 1. The average molecular weight is 262 g/mol. The summed E-state index contributed by atoms with van der Waals surface area (Å²) >= 11 is 6.10. The molecule has 0 saturated carbocycles. The van der Waals surface area contributed by atoms with Crippen molar-refractivity contribution in [1.29, 1.82) is 0 Å². The predicted octanol–water partition coefficient (Wildman–Crippen LogP) is 1.39. The number of rotatable bonds is 8. The predicted molar refractivity (Wildman–Crippen MR) is 67.3 cm³/mol. The van der Waals surface area contributed by atoms with Gasteiger partial charge in [-0.2, -0.15) is 5.10 Å². The topological polar surface area (TPSA) is 48.3 Å². The van der Waals surface area contributed by atoms with Crippen molar-refractivity contribution in [3.63, 3.8) is 0 Å². The highest BCUT2D eigenvalue weighted by molar-refractivity contribution is 6.31. The molecular weight excluding hydrogens is 242 g/mol. The number of hydrogen-bond donors (Lipinski definition) is 1. The number of ether oxygens (including phenoxy) is 2. The quantitative estimate of drug-likeness (QED) is 0.719. The minimum absolute atomic E-state index is 0.151. The maximum Gasteiger partial charge on any atom is 0.0834 e. The van der Waals surface area contributed by atoms with Crippen LogP contribution in [0.5, 0.6) is 0 Å². The van der Waals surface area contributed by atoms with E-state index in [9.17, 15) is 0 Å². The van der Waals surface area contributed by atoms with Crippen LogP contribution in [0.3, 0.4) is 0 Å². The lowest BCUT2D eigenvalue weighted by atomic mass is 10.1. The molecule has 6 heteroatoms. The zero-order valence-electron chi connectivity index (χ0n) is 10.6. The molecule has 0 amide bonds. The highest BCUT2D eigenvalue weighted by Crippen LogP contribution is 2.23. The normalized spacial score (nSPS) is 12.9. The molecule has 0 aliphatic heterocycles. The number of nitrogens with zero attached hydrogens (tertiary/aromatic N) is 2. The zero-order valence-corrected chi connectivity index (χ0v) is 11.3. The van der Waals surface area contributed by atoms with E-state index in [0.29, 0.717) is 24.8 Å². The fraction of sp³-hybridized carbons (Fsp3) is 0.727. The van der Waals surface area contributed by atoms with Gasteiger partial charge in [0.2, 0.25) is 0 Å². The monoisotopic (exact) mass is 261 g/mol. The Morgan fingerprint density at radius 2 is 2.24 bits per heavy atom. The second-order valence-electron chi connectivity index (χ2n) is 3.74. The van der Waals surface area contributed by atoms with Crippen molar-refractivity contribution in [2.75, 3.05) is 34.0 Å². The molecule has 1 N–H and O–H groups in total. The molecule has 1 unspecified atom stereocenters. The van der Waals surface area contributed by atoms with Gasteiger partial charge in [0.1, 0.15) is 0 Å². The van der Waals surface area contributed by atoms with Gasteiger partial charge in [-0.05, 0) is 13.5 Å². The molecule has 0 bridgehead atoms. The zero-order chi connectivity index (χ0) is 12.7. The van der Waals surface area contributed by atoms with Crippen LogP contribution in [-0.4, -0.2) is 43.8 Å². The van der Waals surface area contributed by atoms with Gasteiger partial charge in [0, 0.05) is 20.8 Å². The van der Waals surface area contributed by atoms with Gasteiger partial charge in [0.15, 0.2) is 0 Å². The molecule has 5 nitrogen and oxygen atoms in total. The molecule has 1 aromatic heterocycles. The summed E-state index contributed by atoms with van der Waals surface area (Å²) in [5.74, 6) is 0. The van der Waals surface area contributed by atoms with E-state index in [-0.39, 0.29) is 6.04 Å². The highest BCUT2D eigenvalue weighted by atomic mass is 35.5. The molecule has 17 heavy (non-hydrogen) atoms. The van der Waals surface area contributed by atoms with E-state index in [1.807, 2.05) is 14.1 Å². The number of methoxy groups -OCH3 is 1. The van der Waals surface area contributed by atoms with Crippen molar-refractivity contribution in [2.24, 2.45) is 7.05 Å². The van der Waals surface area contributed by atoms with E-state index >= 15 is 0 Å². The summed E-state index contributed by atoms with van der Waals surface area (Å²) in [4.78, 5) is 0. The minimum Gasteiger partial charge on any atom is -0.382 e. The maximum absolute atomic E-state index is 6.10. The third kappa shape index (κ3) is 4.27. The third-order valence-corrected chi connectivity index (χ3v) is 2.89. The molecule has 0 radical (unpaired) electrons. The van der Waals surface area contributed by atoms with Crippen LogP contribution >= 0.6 is 11.6 Å². The Kier molecular flexibility index (Phi) is 6.50. The lowest BCUT2D eigenvalue weighted by molar-refractivity contribution is 0.0658. The molecule has 1 heterocycles. The van der Waals surface area contributed by atoms with Crippen molar-refractivity contribution in [1.82, 2.24) is 15.1 Å². The molecule has 0 saturated heterocycles. The van der Waals surface area contributed by atoms with Gasteiger partial charge >= 0.3 is 0 Å². The van der Waals surface area contributed by atoms with E-state index in [4.69, 9.17) is 21.1 Å². The SMILES string of the molecule is CNC(CCOCCOC)c1c(Cl)cnn1C. The molecule has 0 aliphatic carbocycles. The van der Waals surface area contributed by atoms with Crippen molar-refractivity contribution >= 4 is 11.6 Å². The van der Waals surface area contributed by atoms with E-state index in [1.165, 1.54) is 0 Å². The van der Waals surface area contributed by atoms with Crippen LogP contribution in [0.1, 0.15) is 18.2 Å². The molecule has 0 aromatic carbocycles. The first-order chi connectivity index (χ1) is 8.20. The fourth-order valence-electron chi connectivity index (χ4n) is 1.68. The lowest BCUT2D eigenvalue weighted by Gasteiger charge is -2.17. The summed E-state index contributed by atoms with van der Waals surface area (Å²) < 4.78 is 12.1. The first-order valence-corrected chi connectivity index (χ1v) is 5.99. The first kappa shape index (κ1) is 14.4. The van der Waals surface area contributed by atoms with Crippen LogP contribution in [0, 0.1) is 0 Å². The molecule has 98 valence electrons. The van der Waals surface area contributed by atoms with Crippen LogP contribution in [0.2, 0.25) is 5.02 Å². The summed E-state index contributed by atoms with van der Waals surface area (Å²) in [6.45, 7) is 1.90. The Hall–Kier alpha value is -0.620. The molecule has 1 rings (SSSR count). The Morgan fingerprint density at radius 3 is 2.76 bits per heavy atom. The lowest BCUT2D eigenvalue weighted by Crippen LogP contribution is -2.21. The van der Waals surface area contributed by atoms with Crippen molar-refractivity contribution in [3.8, 4) is 0 Å². The van der Waals surface area contributed by atoms with Gasteiger partial charge in [-0.15, -0.1) is 0 Å². The van der Waals surface area contributed by atoms with Crippen molar-refractivity contribution in [3.05, 3.63) is 16.9 Å². The number of aromatic nitrogens is 2. The summed E-state index contributed by atoms with van der Waals surface area (Å²) in [6, 6.07) is 0.151. The first-order valence-electron chi connectivity index (χ1n) is 5.62. The summed E-state index contributed by atoms with van der Waals surface area (Å²) in [5, 5.41) is 8.03. The second kappa shape index (κ2) is 7.66. The Balaban J connectivity index is 2.43. The molecule has 1 atom stereocenters. The van der Waals surface area contributed by atoms with Crippen LogP contribution in [-0.2, 0) is 16.5 Å². The minimum atomic E-state index is 0.151. The average Bonchev–Trinajstić information content (AvgIpc) is 2.65. The number of halogens is 1. The number of aryl methyl sites for hydroxylation is 1. The molecule has 0 spiro atoms. The van der Waals surface area contributed by atoms with Gasteiger partial charge in [-0.3, -0.25) is 4.68 Å². The van der Waals surface area contributed by atoms with Crippen molar-refractivity contribution < 1.29 is 9.47 Å². The van der Waals surface area contributed by atoms with Crippen LogP contribution < -0.4 is 5.32 Å². The molecule has 0 aliphatic rings. The smallest absolute Gasteiger partial charge is 0.0834 e. The van der Waals surface area contributed by atoms with Gasteiger partial charge < -0.3 is 14.8 Å². The van der Waals surface area contributed by atoms with Crippen LogP contribution in [0.4, 0.5) is 0 Å².